The van der Waals surface area contributed by atoms with Gasteiger partial charge in [-0.15, -0.1) is 24.0 Å². The van der Waals surface area contributed by atoms with Crippen LogP contribution in [0.2, 0.25) is 0 Å². The van der Waals surface area contributed by atoms with Crippen molar-refractivity contribution < 1.29 is 9.59 Å². The van der Waals surface area contributed by atoms with E-state index in [1.165, 1.54) is 5.56 Å². The number of nitrogens with zero attached hydrogens (tertiary/aromatic N) is 2. The van der Waals surface area contributed by atoms with Gasteiger partial charge in [0, 0.05) is 32.9 Å². The van der Waals surface area contributed by atoms with E-state index in [0.29, 0.717) is 19.0 Å². The van der Waals surface area contributed by atoms with E-state index in [0.717, 1.165) is 37.8 Å². The van der Waals surface area contributed by atoms with E-state index >= 15 is 0 Å². The molecule has 0 saturated heterocycles. The molecule has 1 aromatic carbocycles. The first-order valence-corrected chi connectivity index (χ1v) is 10.5. The highest BCUT2D eigenvalue weighted by atomic mass is 127. The maximum absolute atomic E-state index is 12.7. The van der Waals surface area contributed by atoms with Crippen LogP contribution < -0.4 is 16.0 Å². The number of aryl methyl sites for hydroxylation is 1. The molecular formula is C22H36IN5O2. The Labute approximate surface area is 197 Å². The van der Waals surface area contributed by atoms with Crippen molar-refractivity contribution in [2.45, 2.75) is 46.0 Å². The molecule has 1 aromatic rings. The Morgan fingerprint density at radius 1 is 1.13 bits per heavy atom. The summed E-state index contributed by atoms with van der Waals surface area (Å²) in [5.41, 5.74) is 1.57. The number of hydrogen-bond donors (Lipinski definition) is 3. The minimum absolute atomic E-state index is 0. The molecule has 0 aromatic heterocycles. The molecule has 2 rings (SSSR count). The van der Waals surface area contributed by atoms with Gasteiger partial charge >= 0.3 is 0 Å². The van der Waals surface area contributed by atoms with Crippen molar-refractivity contribution in [3.05, 3.63) is 29.8 Å². The highest BCUT2D eigenvalue weighted by molar-refractivity contribution is 14.0. The van der Waals surface area contributed by atoms with Crippen LogP contribution in [0.3, 0.4) is 0 Å². The molecule has 8 heteroatoms. The number of rotatable bonds is 8. The number of carbonyl (C=O) groups is 2. The summed E-state index contributed by atoms with van der Waals surface area (Å²) in [5.74, 6) is 0.546. The average Bonchev–Trinajstić information content (AvgIpc) is 3.19. The molecule has 0 spiro atoms. The van der Waals surface area contributed by atoms with Crippen molar-refractivity contribution in [3.63, 3.8) is 0 Å². The van der Waals surface area contributed by atoms with Gasteiger partial charge in [0.05, 0.1) is 5.41 Å². The third-order valence-corrected chi connectivity index (χ3v) is 5.36. The van der Waals surface area contributed by atoms with Crippen molar-refractivity contribution >= 4 is 47.4 Å². The lowest BCUT2D eigenvalue weighted by Crippen LogP contribution is -2.49. The fourth-order valence-corrected chi connectivity index (χ4v) is 3.81. The first-order valence-electron chi connectivity index (χ1n) is 10.5. The lowest BCUT2D eigenvalue weighted by atomic mass is 9.84. The Balaban J connectivity index is 0.00000450. The van der Waals surface area contributed by atoms with Gasteiger partial charge in [0.1, 0.15) is 6.54 Å². The largest absolute Gasteiger partial charge is 0.357 e. The molecule has 168 valence electrons. The summed E-state index contributed by atoms with van der Waals surface area (Å²) in [6, 6.07) is 7.82. The Morgan fingerprint density at radius 3 is 2.43 bits per heavy atom. The third-order valence-electron chi connectivity index (χ3n) is 5.36. The van der Waals surface area contributed by atoms with E-state index in [9.17, 15) is 9.59 Å². The first kappa shape index (κ1) is 26.2. The Hall–Kier alpha value is -1.84. The second-order valence-corrected chi connectivity index (χ2v) is 7.84. The summed E-state index contributed by atoms with van der Waals surface area (Å²) < 4.78 is 0. The fraction of sp³-hybridized carbons (Fsp3) is 0.591. The van der Waals surface area contributed by atoms with E-state index in [-0.39, 0.29) is 47.8 Å². The van der Waals surface area contributed by atoms with Gasteiger partial charge < -0.3 is 20.9 Å². The Bertz CT molecular complexity index is 730. The molecule has 0 unspecified atom stereocenters. The van der Waals surface area contributed by atoms with Crippen LogP contribution in [-0.2, 0) is 16.0 Å². The normalized spacial score (nSPS) is 15.1. The lowest BCUT2D eigenvalue weighted by molar-refractivity contribution is -0.138. The van der Waals surface area contributed by atoms with Crippen LogP contribution in [0.4, 0.5) is 5.69 Å². The standard InChI is InChI=1S/C22H35N5O2.HI/c1-5-17-10-9-11-18(14-17)26-19(28)15-24-21(23-6-2)25-16-22(12-7-8-13-22)20(29)27(3)4;/h9-11,14H,5-8,12-13,15-16H2,1-4H3,(H,26,28)(H2,23,24,25);1H. The molecule has 1 aliphatic rings. The number of hydrogen-bond acceptors (Lipinski definition) is 3. The highest BCUT2D eigenvalue weighted by Gasteiger charge is 2.42. The highest BCUT2D eigenvalue weighted by Crippen LogP contribution is 2.38. The van der Waals surface area contributed by atoms with Gasteiger partial charge in [0.15, 0.2) is 5.96 Å². The predicted octanol–water partition coefficient (Wildman–Crippen LogP) is 3.01. The molecule has 1 saturated carbocycles. The third kappa shape index (κ3) is 7.45. The second kappa shape index (κ2) is 12.8. The van der Waals surface area contributed by atoms with Crippen LogP contribution in [0.5, 0.6) is 0 Å². The molecule has 0 radical (unpaired) electrons. The van der Waals surface area contributed by atoms with Crippen molar-refractivity contribution in [2.24, 2.45) is 10.4 Å². The first-order chi connectivity index (χ1) is 13.9. The summed E-state index contributed by atoms with van der Waals surface area (Å²) in [4.78, 5) is 31.1. The summed E-state index contributed by atoms with van der Waals surface area (Å²) in [7, 11) is 3.61. The van der Waals surface area contributed by atoms with E-state index < -0.39 is 0 Å². The maximum atomic E-state index is 12.7. The van der Waals surface area contributed by atoms with Gasteiger partial charge in [0.25, 0.3) is 0 Å². The molecular weight excluding hydrogens is 493 g/mol. The quantitative estimate of drug-likeness (QED) is 0.275. The molecule has 0 heterocycles. The molecule has 1 fully saturated rings. The number of carbonyl (C=O) groups excluding carboxylic acids is 2. The van der Waals surface area contributed by atoms with Crippen LogP contribution in [0.15, 0.2) is 29.3 Å². The van der Waals surface area contributed by atoms with Crippen LogP contribution in [0.1, 0.15) is 45.1 Å². The minimum atomic E-state index is -0.386. The Morgan fingerprint density at radius 2 is 1.83 bits per heavy atom. The minimum Gasteiger partial charge on any atom is -0.357 e. The van der Waals surface area contributed by atoms with Gasteiger partial charge in [-0.1, -0.05) is 31.9 Å². The topological polar surface area (TPSA) is 85.8 Å². The van der Waals surface area contributed by atoms with Crippen molar-refractivity contribution in [2.75, 3.05) is 39.0 Å². The van der Waals surface area contributed by atoms with Gasteiger partial charge in [0.2, 0.25) is 11.8 Å². The fourth-order valence-electron chi connectivity index (χ4n) is 3.81. The molecule has 0 aliphatic heterocycles. The Kier molecular flexibility index (Phi) is 11.1. The molecule has 30 heavy (non-hydrogen) atoms. The summed E-state index contributed by atoms with van der Waals surface area (Å²) in [6.07, 6.45) is 4.81. The van der Waals surface area contributed by atoms with Crippen molar-refractivity contribution in [3.8, 4) is 0 Å². The van der Waals surface area contributed by atoms with Gasteiger partial charge in [-0.05, 0) is 43.9 Å². The molecule has 7 nitrogen and oxygen atoms in total. The van der Waals surface area contributed by atoms with E-state index in [2.05, 4.69) is 27.9 Å². The van der Waals surface area contributed by atoms with Crippen molar-refractivity contribution in [1.82, 2.24) is 15.5 Å². The SMILES string of the molecule is CCNC(=NCC(=O)Nc1cccc(CC)c1)NCC1(C(=O)N(C)C)CCCC1.I. The van der Waals surface area contributed by atoms with Gasteiger partial charge in [-0.25, -0.2) is 4.99 Å². The van der Waals surface area contributed by atoms with E-state index in [1.807, 2.05) is 31.2 Å². The number of benzene rings is 1. The zero-order valence-corrected chi connectivity index (χ0v) is 20.9. The van der Waals surface area contributed by atoms with Crippen LogP contribution in [0.25, 0.3) is 0 Å². The molecule has 2 amide bonds. The molecule has 0 atom stereocenters. The number of amides is 2. The predicted molar refractivity (Wildman–Crippen MR) is 133 cm³/mol. The van der Waals surface area contributed by atoms with Crippen LogP contribution in [0, 0.1) is 5.41 Å². The van der Waals surface area contributed by atoms with Gasteiger partial charge in [-0.2, -0.15) is 0 Å². The van der Waals surface area contributed by atoms with Gasteiger partial charge in [-0.3, -0.25) is 9.59 Å². The zero-order valence-electron chi connectivity index (χ0n) is 18.6. The monoisotopic (exact) mass is 529 g/mol. The smallest absolute Gasteiger partial charge is 0.246 e. The average molecular weight is 529 g/mol. The maximum Gasteiger partial charge on any atom is 0.246 e. The van der Waals surface area contributed by atoms with Crippen molar-refractivity contribution in [1.29, 1.82) is 0 Å². The number of aliphatic imine (C=N–C) groups is 1. The van der Waals surface area contributed by atoms with Crippen LogP contribution >= 0.6 is 24.0 Å². The van der Waals surface area contributed by atoms with E-state index in [4.69, 9.17) is 0 Å². The summed E-state index contributed by atoms with van der Waals surface area (Å²) >= 11 is 0. The van der Waals surface area contributed by atoms with Crippen LogP contribution in [-0.4, -0.2) is 56.4 Å². The van der Waals surface area contributed by atoms with E-state index in [1.54, 1.807) is 19.0 Å². The molecule has 1 aliphatic carbocycles. The number of nitrogens with one attached hydrogen (secondary N) is 3. The summed E-state index contributed by atoms with van der Waals surface area (Å²) in [6.45, 7) is 5.28. The molecule has 3 N–H and O–H groups in total. The summed E-state index contributed by atoms with van der Waals surface area (Å²) in [5, 5.41) is 9.34. The molecule has 0 bridgehead atoms. The number of guanidine groups is 1. The number of halogens is 1. The second-order valence-electron chi connectivity index (χ2n) is 7.84. The number of anilines is 1. The lowest BCUT2D eigenvalue weighted by Gasteiger charge is -2.31. The zero-order chi connectivity index (χ0) is 21.3.